The molecule has 2 amide bonds. The molecule has 0 radical (unpaired) electrons. The minimum atomic E-state index is -0.0819. The molecule has 3 rings (SSSR count). The first-order valence-corrected chi connectivity index (χ1v) is 9.70. The summed E-state index contributed by atoms with van der Waals surface area (Å²) in [6.07, 6.45) is 4.66. The average Bonchev–Trinajstić information content (AvgIpc) is 3.08. The monoisotopic (exact) mass is 359 g/mol. The Labute approximate surface area is 155 Å². The summed E-state index contributed by atoms with van der Waals surface area (Å²) in [5, 5.41) is 3.07. The minimum Gasteiger partial charge on any atom is -0.484 e. The van der Waals surface area contributed by atoms with Crippen LogP contribution in [0, 0.1) is 0 Å². The second-order valence-electron chi connectivity index (χ2n) is 7.12. The lowest BCUT2D eigenvalue weighted by Crippen LogP contribution is -2.46. The molecule has 26 heavy (non-hydrogen) atoms. The lowest BCUT2D eigenvalue weighted by Gasteiger charge is -2.32. The topological polar surface area (TPSA) is 61.9 Å². The molecule has 1 aromatic carbocycles. The van der Waals surface area contributed by atoms with Gasteiger partial charge in [0, 0.05) is 43.9 Å². The zero-order chi connectivity index (χ0) is 18.4. The number of likely N-dealkylation sites (tertiary alicyclic amines) is 1. The highest BCUT2D eigenvalue weighted by Crippen LogP contribution is 2.25. The number of nitrogens with zero attached hydrogens (tertiary/aromatic N) is 2. The Morgan fingerprint density at radius 3 is 2.77 bits per heavy atom. The van der Waals surface area contributed by atoms with E-state index in [1.165, 1.54) is 6.42 Å². The smallest absolute Gasteiger partial charge is 0.258 e. The van der Waals surface area contributed by atoms with Crippen molar-refractivity contribution in [3.63, 3.8) is 0 Å². The van der Waals surface area contributed by atoms with Gasteiger partial charge in [-0.3, -0.25) is 9.59 Å². The molecule has 2 saturated heterocycles. The van der Waals surface area contributed by atoms with Crippen LogP contribution < -0.4 is 15.0 Å². The number of nitrogens with one attached hydrogen (secondary N) is 1. The fourth-order valence-electron chi connectivity index (χ4n) is 3.70. The van der Waals surface area contributed by atoms with Gasteiger partial charge in [0.25, 0.3) is 5.91 Å². The summed E-state index contributed by atoms with van der Waals surface area (Å²) < 4.78 is 5.64. The molecule has 0 bridgehead atoms. The van der Waals surface area contributed by atoms with Gasteiger partial charge in [0.1, 0.15) is 5.75 Å². The molecule has 0 unspecified atom stereocenters. The molecule has 6 nitrogen and oxygen atoms in total. The first-order valence-electron chi connectivity index (χ1n) is 9.70. The van der Waals surface area contributed by atoms with Crippen molar-refractivity contribution in [3.8, 4) is 5.75 Å². The molecule has 6 heteroatoms. The van der Waals surface area contributed by atoms with E-state index in [9.17, 15) is 9.59 Å². The van der Waals surface area contributed by atoms with Crippen LogP contribution in [0.25, 0.3) is 0 Å². The van der Waals surface area contributed by atoms with Crippen LogP contribution in [0.3, 0.4) is 0 Å². The number of ether oxygens (including phenoxy) is 1. The summed E-state index contributed by atoms with van der Waals surface area (Å²) in [6, 6.07) is 7.66. The van der Waals surface area contributed by atoms with Gasteiger partial charge in [-0.25, -0.2) is 0 Å². The van der Waals surface area contributed by atoms with Crippen LogP contribution in [0.4, 0.5) is 5.69 Å². The maximum absolute atomic E-state index is 12.2. The van der Waals surface area contributed by atoms with E-state index in [0.717, 1.165) is 51.1 Å². The van der Waals surface area contributed by atoms with Gasteiger partial charge in [-0.05, 0) is 44.4 Å². The van der Waals surface area contributed by atoms with Crippen molar-refractivity contribution in [1.82, 2.24) is 10.2 Å². The molecule has 2 heterocycles. The van der Waals surface area contributed by atoms with E-state index in [2.05, 4.69) is 17.1 Å². The highest BCUT2D eigenvalue weighted by atomic mass is 16.5. The zero-order valence-corrected chi connectivity index (χ0v) is 15.6. The molecule has 2 fully saturated rings. The van der Waals surface area contributed by atoms with Crippen molar-refractivity contribution in [2.45, 2.75) is 45.1 Å². The molecule has 0 atom stereocenters. The number of carbonyl (C=O) groups is 2. The lowest BCUT2D eigenvalue weighted by atomic mass is 10.0. The highest BCUT2D eigenvalue weighted by Gasteiger charge is 2.22. The summed E-state index contributed by atoms with van der Waals surface area (Å²) in [4.78, 5) is 28.2. The Kier molecular flexibility index (Phi) is 6.50. The minimum absolute atomic E-state index is 0.00652. The molecular weight excluding hydrogens is 330 g/mol. The van der Waals surface area contributed by atoms with Gasteiger partial charge in [-0.1, -0.05) is 13.0 Å². The van der Waals surface area contributed by atoms with Crippen molar-refractivity contribution in [2.24, 2.45) is 0 Å². The van der Waals surface area contributed by atoms with Crippen molar-refractivity contribution in [1.29, 1.82) is 0 Å². The molecule has 2 aliphatic rings. The van der Waals surface area contributed by atoms with Crippen molar-refractivity contribution < 1.29 is 14.3 Å². The third-order valence-corrected chi connectivity index (χ3v) is 5.07. The Morgan fingerprint density at radius 2 is 2.08 bits per heavy atom. The van der Waals surface area contributed by atoms with Crippen LogP contribution in [-0.2, 0) is 9.59 Å². The summed E-state index contributed by atoms with van der Waals surface area (Å²) in [5.41, 5.74) is 0.841. The molecule has 0 saturated carbocycles. The Morgan fingerprint density at radius 1 is 1.27 bits per heavy atom. The molecule has 142 valence electrons. The van der Waals surface area contributed by atoms with Crippen molar-refractivity contribution in [3.05, 3.63) is 24.3 Å². The number of benzene rings is 1. The third kappa shape index (κ3) is 4.97. The molecule has 0 aliphatic carbocycles. The number of anilines is 1. The second kappa shape index (κ2) is 9.03. The maximum Gasteiger partial charge on any atom is 0.258 e. The van der Waals surface area contributed by atoms with Gasteiger partial charge in [-0.15, -0.1) is 0 Å². The molecule has 2 aliphatic heterocycles. The largest absolute Gasteiger partial charge is 0.484 e. The van der Waals surface area contributed by atoms with Gasteiger partial charge >= 0.3 is 0 Å². The fourth-order valence-corrected chi connectivity index (χ4v) is 3.70. The van der Waals surface area contributed by atoms with E-state index >= 15 is 0 Å². The maximum atomic E-state index is 12.2. The van der Waals surface area contributed by atoms with Crippen LogP contribution in [0.15, 0.2) is 24.3 Å². The number of carbonyl (C=O) groups excluding carboxylic acids is 2. The third-order valence-electron chi connectivity index (χ3n) is 5.07. The van der Waals surface area contributed by atoms with E-state index < -0.39 is 0 Å². The van der Waals surface area contributed by atoms with E-state index in [4.69, 9.17) is 4.74 Å². The number of rotatable bonds is 7. The Balaban J connectivity index is 1.44. The van der Waals surface area contributed by atoms with Crippen LogP contribution in [-0.4, -0.2) is 55.5 Å². The molecule has 0 aromatic heterocycles. The Bertz CT molecular complexity index is 626. The first kappa shape index (κ1) is 18.7. The second-order valence-corrected chi connectivity index (χ2v) is 7.12. The molecular formula is C20H29N3O3. The number of piperidine rings is 1. The van der Waals surface area contributed by atoms with Crippen LogP contribution in [0.1, 0.15) is 39.0 Å². The number of hydrogen-bond acceptors (Lipinski definition) is 4. The van der Waals surface area contributed by atoms with Crippen LogP contribution in [0.2, 0.25) is 0 Å². The molecule has 0 spiro atoms. The van der Waals surface area contributed by atoms with Gasteiger partial charge in [-0.2, -0.15) is 0 Å². The fraction of sp³-hybridized carbons (Fsp3) is 0.600. The number of amides is 2. The summed E-state index contributed by atoms with van der Waals surface area (Å²) >= 11 is 0. The van der Waals surface area contributed by atoms with E-state index in [0.29, 0.717) is 12.2 Å². The quantitative estimate of drug-likeness (QED) is 0.811. The summed E-state index contributed by atoms with van der Waals surface area (Å²) in [6.45, 7) is 6.18. The van der Waals surface area contributed by atoms with Crippen LogP contribution >= 0.6 is 0 Å². The van der Waals surface area contributed by atoms with Gasteiger partial charge in [0.05, 0.1) is 0 Å². The first-order chi connectivity index (χ1) is 12.7. The lowest BCUT2D eigenvalue weighted by molar-refractivity contribution is -0.124. The standard InChI is InChI=1S/C20H29N3O3/c1-2-10-22-12-8-16(9-13-22)21-19(24)15-26-18-6-3-5-17(14-18)23-11-4-7-20(23)25/h3,5-6,14,16H,2,4,7-13,15H2,1H3,(H,21,24). The highest BCUT2D eigenvalue weighted by molar-refractivity contribution is 5.95. The summed E-state index contributed by atoms with van der Waals surface area (Å²) in [7, 11) is 0. The number of hydrogen-bond donors (Lipinski definition) is 1. The summed E-state index contributed by atoms with van der Waals surface area (Å²) in [5.74, 6) is 0.686. The Hall–Kier alpha value is -2.08. The van der Waals surface area contributed by atoms with Crippen LogP contribution in [0.5, 0.6) is 5.75 Å². The van der Waals surface area contributed by atoms with E-state index in [-0.39, 0.29) is 24.5 Å². The van der Waals surface area contributed by atoms with Gasteiger partial charge in [0.2, 0.25) is 5.91 Å². The van der Waals surface area contributed by atoms with Gasteiger partial charge < -0.3 is 19.9 Å². The van der Waals surface area contributed by atoms with Crippen molar-refractivity contribution in [2.75, 3.05) is 37.7 Å². The van der Waals surface area contributed by atoms with E-state index in [1.807, 2.05) is 24.3 Å². The van der Waals surface area contributed by atoms with E-state index in [1.54, 1.807) is 4.90 Å². The van der Waals surface area contributed by atoms with Gasteiger partial charge in [0.15, 0.2) is 6.61 Å². The molecule has 1 N–H and O–H groups in total. The molecule has 1 aromatic rings. The predicted molar refractivity (Wildman–Crippen MR) is 101 cm³/mol. The SMILES string of the molecule is CCCN1CCC(NC(=O)COc2cccc(N3CCCC3=O)c2)CC1. The van der Waals surface area contributed by atoms with Crippen molar-refractivity contribution >= 4 is 17.5 Å². The zero-order valence-electron chi connectivity index (χ0n) is 15.6. The average molecular weight is 359 g/mol. The predicted octanol–water partition coefficient (Wildman–Crippen LogP) is 2.18. The normalized spacial score (nSPS) is 19.0.